The van der Waals surface area contributed by atoms with E-state index in [4.69, 9.17) is 21.1 Å². The van der Waals surface area contributed by atoms with Crippen molar-refractivity contribution in [3.63, 3.8) is 0 Å². The molecule has 2 aromatic rings. The lowest BCUT2D eigenvalue weighted by Gasteiger charge is -2.39. The Morgan fingerprint density at radius 3 is 2.78 bits per heavy atom. The standard InChI is InChI=1S/C18H20ClN5O3/c1-26-16-4-5-20-17(21-16)22-6-8-23(9-7-22)18(25)24-10-11-27-15-12-13(19)2-3-14(15)24/h2-5,12H,6-11H2,1H3. The summed E-state index contributed by atoms with van der Waals surface area (Å²) in [5.74, 6) is 1.79. The molecule has 1 aromatic heterocycles. The maximum absolute atomic E-state index is 13.0. The molecule has 0 bridgehead atoms. The van der Waals surface area contributed by atoms with Gasteiger partial charge in [0.15, 0.2) is 0 Å². The van der Waals surface area contributed by atoms with E-state index in [0.29, 0.717) is 61.9 Å². The van der Waals surface area contributed by atoms with E-state index >= 15 is 0 Å². The summed E-state index contributed by atoms with van der Waals surface area (Å²) in [7, 11) is 1.58. The predicted octanol–water partition coefficient (Wildman–Crippen LogP) is 2.28. The van der Waals surface area contributed by atoms with E-state index in [0.717, 1.165) is 5.69 Å². The fraction of sp³-hybridized carbons (Fsp3) is 0.389. The van der Waals surface area contributed by atoms with Crippen LogP contribution in [-0.2, 0) is 0 Å². The van der Waals surface area contributed by atoms with Gasteiger partial charge in [0.25, 0.3) is 0 Å². The van der Waals surface area contributed by atoms with Crippen LogP contribution < -0.4 is 19.3 Å². The topological polar surface area (TPSA) is 71.0 Å². The highest BCUT2D eigenvalue weighted by Gasteiger charge is 2.30. The molecule has 1 saturated heterocycles. The molecule has 4 rings (SSSR count). The molecule has 27 heavy (non-hydrogen) atoms. The van der Waals surface area contributed by atoms with Crippen molar-refractivity contribution in [2.24, 2.45) is 0 Å². The van der Waals surface area contributed by atoms with Gasteiger partial charge in [-0.3, -0.25) is 4.90 Å². The summed E-state index contributed by atoms with van der Waals surface area (Å²) in [6.45, 7) is 3.50. The van der Waals surface area contributed by atoms with Gasteiger partial charge in [0.2, 0.25) is 11.8 Å². The molecule has 9 heteroatoms. The Balaban J connectivity index is 1.44. The van der Waals surface area contributed by atoms with Crippen molar-refractivity contribution in [3.8, 4) is 11.6 Å². The molecule has 2 amide bonds. The Morgan fingerprint density at radius 2 is 2.00 bits per heavy atom. The second-order valence-corrected chi connectivity index (χ2v) is 6.70. The largest absolute Gasteiger partial charge is 0.489 e. The van der Waals surface area contributed by atoms with Gasteiger partial charge in [0, 0.05) is 49.5 Å². The number of piperazine rings is 1. The van der Waals surface area contributed by atoms with Crippen LogP contribution >= 0.6 is 11.6 Å². The van der Waals surface area contributed by atoms with Gasteiger partial charge < -0.3 is 19.3 Å². The van der Waals surface area contributed by atoms with E-state index in [1.165, 1.54) is 0 Å². The third-order valence-corrected chi connectivity index (χ3v) is 4.91. The minimum Gasteiger partial charge on any atom is -0.489 e. The number of fused-ring (bicyclic) bond motifs is 1. The molecule has 1 aromatic carbocycles. The Hall–Kier alpha value is -2.74. The molecule has 0 spiro atoms. The molecule has 0 atom stereocenters. The SMILES string of the molecule is COc1ccnc(N2CCN(C(=O)N3CCOc4cc(Cl)ccc43)CC2)n1. The number of hydrogen-bond acceptors (Lipinski definition) is 6. The summed E-state index contributed by atoms with van der Waals surface area (Å²) < 4.78 is 10.8. The lowest BCUT2D eigenvalue weighted by atomic mass is 10.2. The number of nitrogens with zero attached hydrogens (tertiary/aromatic N) is 5. The zero-order valence-corrected chi connectivity index (χ0v) is 15.7. The number of rotatable bonds is 2. The summed E-state index contributed by atoms with van der Waals surface area (Å²) in [6, 6.07) is 7.04. The van der Waals surface area contributed by atoms with Gasteiger partial charge >= 0.3 is 6.03 Å². The van der Waals surface area contributed by atoms with Crippen molar-refractivity contribution in [2.75, 3.05) is 56.2 Å². The Kier molecular flexibility index (Phi) is 4.89. The van der Waals surface area contributed by atoms with Crippen LogP contribution in [0.2, 0.25) is 5.02 Å². The zero-order chi connectivity index (χ0) is 18.8. The van der Waals surface area contributed by atoms with Crippen LogP contribution in [-0.4, -0.2) is 67.3 Å². The maximum Gasteiger partial charge on any atom is 0.324 e. The molecule has 0 aliphatic carbocycles. The minimum absolute atomic E-state index is 0.0203. The number of aromatic nitrogens is 2. The molecular weight excluding hydrogens is 370 g/mol. The van der Waals surface area contributed by atoms with Gasteiger partial charge in [-0.2, -0.15) is 4.98 Å². The Bertz CT molecular complexity index is 841. The number of halogens is 1. The number of methoxy groups -OCH3 is 1. The average Bonchev–Trinajstić information content (AvgIpc) is 2.72. The van der Waals surface area contributed by atoms with Crippen molar-refractivity contribution < 1.29 is 14.3 Å². The first-order chi connectivity index (χ1) is 13.2. The third-order valence-electron chi connectivity index (χ3n) is 4.68. The molecule has 3 heterocycles. The number of anilines is 2. The highest BCUT2D eigenvalue weighted by Crippen LogP contribution is 2.34. The van der Waals surface area contributed by atoms with Gasteiger partial charge in [-0.05, 0) is 12.1 Å². The van der Waals surface area contributed by atoms with Gasteiger partial charge in [-0.15, -0.1) is 0 Å². The first-order valence-corrected chi connectivity index (χ1v) is 9.14. The molecule has 8 nitrogen and oxygen atoms in total. The average molecular weight is 390 g/mol. The third kappa shape index (κ3) is 3.57. The normalized spacial score (nSPS) is 16.6. The van der Waals surface area contributed by atoms with Gasteiger partial charge in [0.05, 0.1) is 19.3 Å². The number of carbonyl (C=O) groups excluding carboxylic acids is 1. The molecular formula is C18H20ClN5O3. The van der Waals surface area contributed by atoms with Crippen LogP contribution in [0.5, 0.6) is 11.6 Å². The van der Waals surface area contributed by atoms with Crippen LogP contribution in [0.1, 0.15) is 0 Å². The molecule has 0 unspecified atom stereocenters. The Morgan fingerprint density at radius 1 is 1.19 bits per heavy atom. The van der Waals surface area contributed by atoms with Crippen LogP contribution in [0.4, 0.5) is 16.4 Å². The molecule has 142 valence electrons. The van der Waals surface area contributed by atoms with Crippen molar-refractivity contribution in [1.82, 2.24) is 14.9 Å². The van der Waals surface area contributed by atoms with Crippen LogP contribution in [0.15, 0.2) is 30.5 Å². The lowest BCUT2D eigenvalue weighted by molar-refractivity contribution is 0.196. The number of amides is 2. The van der Waals surface area contributed by atoms with Crippen molar-refractivity contribution >= 4 is 29.3 Å². The molecule has 0 radical (unpaired) electrons. The number of ether oxygens (including phenoxy) is 2. The number of urea groups is 1. The predicted molar refractivity (Wildman–Crippen MR) is 102 cm³/mol. The summed E-state index contributed by atoms with van der Waals surface area (Å²) in [5, 5.41) is 0.593. The molecule has 2 aliphatic rings. The monoisotopic (exact) mass is 389 g/mol. The van der Waals surface area contributed by atoms with Crippen LogP contribution in [0, 0.1) is 0 Å². The minimum atomic E-state index is -0.0203. The van der Waals surface area contributed by atoms with E-state index in [1.807, 2.05) is 11.0 Å². The fourth-order valence-corrected chi connectivity index (χ4v) is 3.42. The molecule has 1 fully saturated rings. The Labute approximate surface area is 162 Å². The van der Waals surface area contributed by atoms with Crippen molar-refractivity contribution in [2.45, 2.75) is 0 Å². The number of hydrogen-bond donors (Lipinski definition) is 0. The van der Waals surface area contributed by atoms with Gasteiger partial charge in [-0.1, -0.05) is 11.6 Å². The number of carbonyl (C=O) groups is 1. The molecule has 2 aliphatic heterocycles. The zero-order valence-electron chi connectivity index (χ0n) is 15.0. The smallest absolute Gasteiger partial charge is 0.324 e. The van der Waals surface area contributed by atoms with E-state index in [1.54, 1.807) is 36.4 Å². The van der Waals surface area contributed by atoms with Gasteiger partial charge in [-0.25, -0.2) is 9.78 Å². The summed E-state index contributed by atoms with van der Waals surface area (Å²) in [5.41, 5.74) is 0.759. The summed E-state index contributed by atoms with van der Waals surface area (Å²) in [6.07, 6.45) is 1.68. The number of benzene rings is 1. The highest BCUT2D eigenvalue weighted by atomic mass is 35.5. The van der Waals surface area contributed by atoms with E-state index < -0.39 is 0 Å². The quantitative estimate of drug-likeness (QED) is 0.784. The van der Waals surface area contributed by atoms with Crippen LogP contribution in [0.25, 0.3) is 0 Å². The molecule has 0 saturated carbocycles. The summed E-state index contributed by atoms with van der Waals surface area (Å²) >= 11 is 6.03. The van der Waals surface area contributed by atoms with Crippen molar-refractivity contribution in [1.29, 1.82) is 0 Å². The van der Waals surface area contributed by atoms with Crippen LogP contribution in [0.3, 0.4) is 0 Å². The summed E-state index contributed by atoms with van der Waals surface area (Å²) in [4.78, 5) is 27.4. The highest BCUT2D eigenvalue weighted by molar-refractivity contribution is 6.30. The maximum atomic E-state index is 13.0. The van der Waals surface area contributed by atoms with E-state index in [9.17, 15) is 4.79 Å². The molecule has 0 N–H and O–H groups in total. The van der Waals surface area contributed by atoms with Gasteiger partial charge in [0.1, 0.15) is 12.4 Å². The second kappa shape index (κ2) is 7.48. The van der Waals surface area contributed by atoms with E-state index in [-0.39, 0.29) is 6.03 Å². The fourth-order valence-electron chi connectivity index (χ4n) is 3.26. The second-order valence-electron chi connectivity index (χ2n) is 6.27. The first-order valence-electron chi connectivity index (χ1n) is 8.76. The van der Waals surface area contributed by atoms with E-state index in [2.05, 4.69) is 14.9 Å². The lowest BCUT2D eigenvalue weighted by Crippen LogP contribution is -2.54. The van der Waals surface area contributed by atoms with Crippen molar-refractivity contribution in [3.05, 3.63) is 35.5 Å². The first kappa shape index (κ1) is 17.7.